The van der Waals surface area contributed by atoms with Crippen LogP contribution in [0.3, 0.4) is 0 Å². The number of fused-ring (bicyclic) bond motifs is 1. The van der Waals surface area contributed by atoms with Gasteiger partial charge in [-0.3, -0.25) is 4.90 Å². The van der Waals surface area contributed by atoms with Crippen molar-refractivity contribution in [2.24, 2.45) is 0 Å². The average molecular weight is 243 g/mol. The van der Waals surface area contributed by atoms with Crippen molar-refractivity contribution in [2.75, 3.05) is 13.1 Å². The molecule has 1 saturated heterocycles. The minimum Gasteiger partial charge on any atom is -0.296 e. The van der Waals surface area contributed by atoms with Crippen LogP contribution in [0, 0.1) is 0 Å². The first-order valence-electron chi connectivity index (χ1n) is 7.03. The SMILES string of the molecule is CC1=CCc2cnc(CN3CCCC3)nc2CC1. The Kier molecular flexibility index (Phi) is 3.41. The lowest BCUT2D eigenvalue weighted by molar-refractivity contribution is 0.322. The summed E-state index contributed by atoms with van der Waals surface area (Å²) in [6.07, 6.45) is 10.2. The lowest BCUT2D eigenvalue weighted by Crippen LogP contribution is -2.20. The molecule has 2 aliphatic rings. The van der Waals surface area contributed by atoms with Gasteiger partial charge < -0.3 is 0 Å². The number of allylic oxidation sites excluding steroid dienone is 2. The topological polar surface area (TPSA) is 29.0 Å². The van der Waals surface area contributed by atoms with Crippen molar-refractivity contribution in [3.8, 4) is 0 Å². The van der Waals surface area contributed by atoms with Gasteiger partial charge in [-0.05, 0) is 57.7 Å². The molecule has 1 fully saturated rings. The van der Waals surface area contributed by atoms with Gasteiger partial charge in [-0.1, -0.05) is 11.6 Å². The number of hydrogen-bond donors (Lipinski definition) is 0. The van der Waals surface area contributed by atoms with E-state index in [0.717, 1.165) is 31.6 Å². The summed E-state index contributed by atoms with van der Waals surface area (Å²) in [5.41, 5.74) is 4.07. The first kappa shape index (κ1) is 11.8. The fraction of sp³-hybridized carbons (Fsp3) is 0.600. The number of likely N-dealkylation sites (tertiary alicyclic amines) is 1. The van der Waals surface area contributed by atoms with Gasteiger partial charge >= 0.3 is 0 Å². The fourth-order valence-electron chi connectivity index (χ4n) is 2.79. The van der Waals surface area contributed by atoms with Crippen LogP contribution in [-0.2, 0) is 19.4 Å². The van der Waals surface area contributed by atoms with Gasteiger partial charge in [-0.25, -0.2) is 9.97 Å². The summed E-state index contributed by atoms with van der Waals surface area (Å²) in [5, 5.41) is 0. The monoisotopic (exact) mass is 243 g/mol. The molecular weight excluding hydrogens is 222 g/mol. The molecule has 0 saturated carbocycles. The summed E-state index contributed by atoms with van der Waals surface area (Å²) in [5.74, 6) is 1.01. The van der Waals surface area contributed by atoms with E-state index in [4.69, 9.17) is 4.98 Å². The van der Waals surface area contributed by atoms with E-state index in [2.05, 4.69) is 22.9 Å². The summed E-state index contributed by atoms with van der Waals surface area (Å²) >= 11 is 0. The zero-order valence-electron chi connectivity index (χ0n) is 11.2. The van der Waals surface area contributed by atoms with Crippen molar-refractivity contribution in [1.29, 1.82) is 0 Å². The minimum atomic E-state index is 0.930. The summed E-state index contributed by atoms with van der Waals surface area (Å²) in [4.78, 5) is 11.8. The molecule has 0 amide bonds. The highest BCUT2D eigenvalue weighted by Crippen LogP contribution is 2.19. The highest BCUT2D eigenvalue weighted by atomic mass is 15.2. The molecule has 0 radical (unpaired) electrons. The van der Waals surface area contributed by atoms with E-state index in [-0.39, 0.29) is 0 Å². The normalized spacial score (nSPS) is 20.4. The molecule has 0 N–H and O–H groups in total. The first-order valence-corrected chi connectivity index (χ1v) is 7.03. The second kappa shape index (κ2) is 5.19. The highest BCUT2D eigenvalue weighted by Gasteiger charge is 2.15. The molecule has 3 nitrogen and oxygen atoms in total. The molecule has 1 aromatic heterocycles. The third kappa shape index (κ3) is 2.61. The van der Waals surface area contributed by atoms with Crippen LogP contribution in [0.15, 0.2) is 17.8 Å². The average Bonchev–Trinajstić information content (AvgIpc) is 2.81. The largest absolute Gasteiger partial charge is 0.296 e. The lowest BCUT2D eigenvalue weighted by Gasteiger charge is -2.14. The Hall–Kier alpha value is -1.22. The van der Waals surface area contributed by atoms with Crippen LogP contribution in [0.4, 0.5) is 0 Å². The first-order chi connectivity index (χ1) is 8.81. The Morgan fingerprint density at radius 3 is 2.89 bits per heavy atom. The lowest BCUT2D eigenvalue weighted by atomic mass is 10.1. The Morgan fingerprint density at radius 2 is 2.06 bits per heavy atom. The van der Waals surface area contributed by atoms with Crippen LogP contribution in [0.2, 0.25) is 0 Å². The minimum absolute atomic E-state index is 0.930. The Labute approximate surface area is 109 Å². The van der Waals surface area contributed by atoms with Gasteiger partial charge in [0.15, 0.2) is 0 Å². The molecule has 1 aliphatic heterocycles. The van der Waals surface area contributed by atoms with E-state index in [0.29, 0.717) is 0 Å². The molecule has 0 aromatic carbocycles. The molecule has 1 aromatic rings. The smallest absolute Gasteiger partial charge is 0.142 e. The van der Waals surface area contributed by atoms with Crippen LogP contribution < -0.4 is 0 Å². The van der Waals surface area contributed by atoms with Crippen LogP contribution in [0.5, 0.6) is 0 Å². The van der Waals surface area contributed by atoms with Gasteiger partial charge in [-0.2, -0.15) is 0 Å². The number of nitrogens with zero attached hydrogens (tertiary/aromatic N) is 3. The standard InChI is InChI=1S/C15H21N3/c1-12-4-6-13-10-16-15(17-14(13)7-5-12)11-18-8-2-3-9-18/h4,10H,2-3,5-9,11H2,1H3. The summed E-state index contributed by atoms with van der Waals surface area (Å²) < 4.78 is 0. The van der Waals surface area contributed by atoms with Gasteiger partial charge in [0.2, 0.25) is 0 Å². The van der Waals surface area contributed by atoms with E-state index < -0.39 is 0 Å². The molecule has 0 spiro atoms. The third-order valence-electron chi connectivity index (χ3n) is 3.99. The second-order valence-electron chi connectivity index (χ2n) is 5.50. The predicted molar refractivity (Wildman–Crippen MR) is 72.3 cm³/mol. The third-order valence-corrected chi connectivity index (χ3v) is 3.99. The maximum atomic E-state index is 4.79. The Balaban J connectivity index is 1.75. The van der Waals surface area contributed by atoms with E-state index in [1.807, 2.05) is 6.20 Å². The van der Waals surface area contributed by atoms with E-state index in [1.165, 1.54) is 42.8 Å². The van der Waals surface area contributed by atoms with Gasteiger partial charge in [-0.15, -0.1) is 0 Å². The van der Waals surface area contributed by atoms with Gasteiger partial charge in [0, 0.05) is 11.9 Å². The number of rotatable bonds is 2. The summed E-state index contributed by atoms with van der Waals surface area (Å²) in [6.45, 7) is 5.56. The number of aromatic nitrogens is 2. The summed E-state index contributed by atoms with van der Waals surface area (Å²) in [7, 11) is 0. The van der Waals surface area contributed by atoms with E-state index in [9.17, 15) is 0 Å². The fourth-order valence-corrected chi connectivity index (χ4v) is 2.79. The van der Waals surface area contributed by atoms with Crippen LogP contribution in [0.25, 0.3) is 0 Å². The molecule has 1 aliphatic carbocycles. The predicted octanol–water partition coefficient (Wildman–Crippen LogP) is 2.51. The Morgan fingerprint density at radius 1 is 1.22 bits per heavy atom. The van der Waals surface area contributed by atoms with Crippen molar-refractivity contribution in [2.45, 2.75) is 45.6 Å². The molecule has 0 atom stereocenters. The van der Waals surface area contributed by atoms with Gasteiger partial charge in [0.25, 0.3) is 0 Å². The maximum Gasteiger partial charge on any atom is 0.142 e. The molecule has 18 heavy (non-hydrogen) atoms. The van der Waals surface area contributed by atoms with Crippen molar-refractivity contribution < 1.29 is 0 Å². The van der Waals surface area contributed by atoms with Crippen LogP contribution in [-0.4, -0.2) is 28.0 Å². The molecule has 96 valence electrons. The van der Waals surface area contributed by atoms with Crippen molar-refractivity contribution in [3.63, 3.8) is 0 Å². The number of hydrogen-bond acceptors (Lipinski definition) is 3. The molecule has 0 bridgehead atoms. The molecular formula is C15H21N3. The van der Waals surface area contributed by atoms with Crippen molar-refractivity contribution in [1.82, 2.24) is 14.9 Å². The molecule has 3 heteroatoms. The van der Waals surface area contributed by atoms with Crippen molar-refractivity contribution in [3.05, 3.63) is 34.9 Å². The van der Waals surface area contributed by atoms with Crippen LogP contribution >= 0.6 is 0 Å². The highest BCUT2D eigenvalue weighted by molar-refractivity contribution is 5.25. The van der Waals surface area contributed by atoms with Crippen LogP contribution in [0.1, 0.15) is 43.3 Å². The second-order valence-corrected chi connectivity index (χ2v) is 5.50. The number of aryl methyl sites for hydroxylation is 1. The van der Waals surface area contributed by atoms with E-state index >= 15 is 0 Å². The molecule has 3 rings (SSSR count). The summed E-state index contributed by atoms with van der Waals surface area (Å²) in [6, 6.07) is 0. The quantitative estimate of drug-likeness (QED) is 0.747. The Bertz CT molecular complexity index is 459. The molecule has 0 unspecified atom stereocenters. The van der Waals surface area contributed by atoms with Gasteiger partial charge in [0.1, 0.15) is 5.82 Å². The van der Waals surface area contributed by atoms with Gasteiger partial charge in [0.05, 0.1) is 6.54 Å². The zero-order valence-corrected chi connectivity index (χ0v) is 11.2. The van der Waals surface area contributed by atoms with E-state index in [1.54, 1.807) is 0 Å². The zero-order chi connectivity index (χ0) is 12.4. The van der Waals surface area contributed by atoms with Crippen molar-refractivity contribution >= 4 is 0 Å². The molecule has 2 heterocycles. The maximum absolute atomic E-state index is 4.79.